The van der Waals surface area contributed by atoms with Crippen LogP contribution in [0.5, 0.6) is 11.5 Å². The van der Waals surface area contributed by atoms with Crippen LogP contribution in [0.3, 0.4) is 0 Å². The molecule has 1 fully saturated rings. The van der Waals surface area contributed by atoms with Crippen molar-refractivity contribution in [3.05, 3.63) is 35.4 Å². The largest absolute Gasteiger partial charge is 0.493 e. The molecule has 6 nitrogen and oxygen atoms in total. The van der Waals surface area contributed by atoms with Crippen molar-refractivity contribution in [1.82, 2.24) is 5.32 Å². The van der Waals surface area contributed by atoms with Crippen molar-refractivity contribution in [2.24, 2.45) is 10.9 Å². The Kier molecular flexibility index (Phi) is 4.92. The van der Waals surface area contributed by atoms with Crippen LogP contribution in [0.25, 0.3) is 0 Å². The Morgan fingerprint density at radius 1 is 1.28 bits per heavy atom. The highest BCUT2D eigenvalue weighted by molar-refractivity contribution is 6.81. The fraction of sp³-hybridized carbons (Fsp3) is 0.389. The summed E-state index contributed by atoms with van der Waals surface area (Å²) < 4.78 is 11.3. The van der Waals surface area contributed by atoms with Gasteiger partial charge in [0, 0.05) is 12.8 Å². The van der Waals surface area contributed by atoms with Gasteiger partial charge in [-0.1, -0.05) is 12.0 Å². The van der Waals surface area contributed by atoms with E-state index in [9.17, 15) is 9.59 Å². The summed E-state index contributed by atoms with van der Waals surface area (Å²) in [6.45, 7) is 3.46. The van der Waals surface area contributed by atoms with E-state index in [1.165, 1.54) is 6.92 Å². The van der Waals surface area contributed by atoms with Gasteiger partial charge in [-0.05, 0) is 37.5 Å². The number of rotatable bonds is 5. The van der Waals surface area contributed by atoms with Gasteiger partial charge in [-0.15, -0.1) is 0 Å². The third-order valence-corrected chi connectivity index (χ3v) is 4.45. The number of ether oxygens (including phenoxy) is 2. The molecule has 1 aromatic carbocycles. The van der Waals surface area contributed by atoms with Crippen LogP contribution in [0.15, 0.2) is 34.9 Å². The molecular weight excluding hydrogens is 319 g/mol. The molecule has 0 atom stereocenters. The first-order chi connectivity index (χ1) is 12.0. The van der Waals surface area contributed by atoms with Crippen LogP contribution in [-0.4, -0.2) is 37.9 Å². The first-order valence-electron chi connectivity index (χ1n) is 8.37. The van der Waals surface area contributed by atoms with E-state index in [2.05, 4.69) is 10.3 Å². The Labute approximate surface area is 147 Å². The molecule has 0 saturated heterocycles. The second-order valence-corrected chi connectivity index (χ2v) is 6.46. The molecule has 1 aliphatic carbocycles. The van der Waals surface area contributed by atoms with Crippen LogP contribution in [0.1, 0.15) is 25.3 Å². The molecule has 25 heavy (non-hydrogen) atoms. The zero-order valence-electron chi connectivity index (χ0n) is 14.7. The monoisotopic (exact) mass is 340 g/mol. The van der Waals surface area contributed by atoms with Crippen LogP contribution in [0.2, 0.25) is 0 Å². The van der Waals surface area contributed by atoms with Crippen LogP contribution in [-0.2, 0) is 9.59 Å². The SMILES string of the molecule is COc1ccc(C)cc1OC1CC(C(=O)NC2=NC(C(C)=O)=CB2)C1. The molecule has 0 spiro atoms. The van der Waals surface area contributed by atoms with E-state index >= 15 is 0 Å². The van der Waals surface area contributed by atoms with Crippen molar-refractivity contribution in [3.63, 3.8) is 0 Å². The van der Waals surface area contributed by atoms with Gasteiger partial charge in [-0.3, -0.25) is 9.59 Å². The molecule has 0 radical (unpaired) electrons. The summed E-state index contributed by atoms with van der Waals surface area (Å²) >= 11 is 0. The number of carbonyl (C=O) groups is 2. The quantitative estimate of drug-likeness (QED) is 0.825. The molecule has 130 valence electrons. The van der Waals surface area contributed by atoms with Gasteiger partial charge in [0.05, 0.1) is 18.5 Å². The summed E-state index contributed by atoms with van der Waals surface area (Å²) in [7, 11) is 2.11. The first-order valence-corrected chi connectivity index (χ1v) is 8.37. The maximum Gasteiger partial charge on any atom is 0.232 e. The topological polar surface area (TPSA) is 77.0 Å². The van der Waals surface area contributed by atoms with Crippen molar-refractivity contribution in [2.75, 3.05) is 7.11 Å². The molecular formula is C18H21BN2O4. The number of aryl methyl sites for hydroxylation is 1. The minimum Gasteiger partial charge on any atom is -0.493 e. The van der Waals surface area contributed by atoms with Gasteiger partial charge >= 0.3 is 0 Å². The molecule has 7 heteroatoms. The van der Waals surface area contributed by atoms with E-state index in [1.807, 2.05) is 25.1 Å². The maximum absolute atomic E-state index is 12.3. The molecule has 3 rings (SSSR count). The van der Waals surface area contributed by atoms with Crippen LogP contribution >= 0.6 is 0 Å². The Morgan fingerprint density at radius 2 is 2.04 bits per heavy atom. The smallest absolute Gasteiger partial charge is 0.232 e. The lowest BCUT2D eigenvalue weighted by Gasteiger charge is -2.34. The summed E-state index contributed by atoms with van der Waals surface area (Å²) in [5.41, 5.74) is 2.05. The van der Waals surface area contributed by atoms with Gasteiger partial charge in [-0.2, -0.15) is 0 Å². The van der Waals surface area contributed by atoms with Crippen LogP contribution in [0, 0.1) is 12.8 Å². The number of ketones is 1. The molecule has 1 saturated carbocycles. The average Bonchev–Trinajstić information content (AvgIpc) is 2.99. The molecule has 0 aromatic heterocycles. The summed E-state index contributed by atoms with van der Waals surface area (Å²) in [5.74, 6) is 2.89. The number of Topliss-reactive ketones (excluding diaryl/α,β-unsaturated/α-hetero) is 1. The van der Waals surface area contributed by atoms with E-state index in [0.717, 1.165) is 5.56 Å². The van der Waals surface area contributed by atoms with Crippen molar-refractivity contribution in [3.8, 4) is 11.5 Å². The lowest BCUT2D eigenvalue weighted by Crippen LogP contribution is -2.46. The Hall–Kier alpha value is -2.57. The highest BCUT2D eigenvalue weighted by atomic mass is 16.5. The van der Waals surface area contributed by atoms with Crippen molar-refractivity contribution >= 4 is 24.7 Å². The summed E-state index contributed by atoms with van der Waals surface area (Å²) in [4.78, 5) is 27.6. The molecule has 1 aromatic rings. The lowest BCUT2D eigenvalue weighted by atomic mass is 9.76. The third kappa shape index (κ3) is 3.92. The highest BCUT2D eigenvalue weighted by Gasteiger charge is 2.37. The van der Waals surface area contributed by atoms with E-state index in [1.54, 1.807) is 13.1 Å². The third-order valence-electron chi connectivity index (χ3n) is 4.45. The van der Waals surface area contributed by atoms with Crippen molar-refractivity contribution in [2.45, 2.75) is 32.8 Å². The zero-order chi connectivity index (χ0) is 18.0. The molecule has 1 N–H and O–H groups in total. The minimum absolute atomic E-state index is 0.00266. The molecule has 0 unspecified atom stereocenters. The van der Waals surface area contributed by atoms with Gasteiger partial charge < -0.3 is 14.8 Å². The van der Waals surface area contributed by atoms with Gasteiger partial charge in [0.1, 0.15) is 6.10 Å². The van der Waals surface area contributed by atoms with Gasteiger partial charge in [0.25, 0.3) is 0 Å². The molecule has 2 aliphatic rings. The number of aliphatic imine (C=N–C) groups is 1. The standard InChI is InChI=1S/C18H21BN2O4/c1-10-4-5-15(24-3)16(6-10)25-13-7-12(8-13)17(23)21-18-19-9-14(20-18)11(2)22/h4-6,9,12-13,19H,7-8H2,1-3H3,(H,20,21,23). The van der Waals surface area contributed by atoms with Gasteiger partial charge in [0.15, 0.2) is 17.3 Å². The van der Waals surface area contributed by atoms with Gasteiger partial charge in [0.2, 0.25) is 13.2 Å². The van der Waals surface area contributed by atoms with Crippen molar-refractivity contribution < 1.29 is 19.1 Å². The second-order valence-electron chi connectivity index (χ2n) is 6.46. The lowest BCUT2D eigenvalue weighted by molar-refractivity contribution is -0.129. The highest BCUT2D eigenvalue weighted by Crippen LogP contribution is 2.36. The Balaban J connectivity index is 1.50. The van der Waals surface area contributed by atoms with Crippen LogP contribution in [0.4, 0.5) is 0 Å². The fourth-order valence-electron chi connectivity index (χ4n) is 2.91. The van der Waals surface area contributed by atoms with Gasteiger partial charge in [-0.25, -0.2) is 4.99 Å². The van der Waals surface area contributed by atoms with E-state index in [-0.39, 0.29) is 23.7 Å². The predicted octanol–water partition coefficient (Wildman–Crippen LogP) is 1.51. The number of nitrogens with zero attached hydrogens (tertiary/aromatic N) is 1. The maximum atomic E-state index is 12.3. The number of methoxy groups -OCH3 is 1. The average molecular weight is 340 g/mol. The minimum atomic E-state index is -0.0927. The van der Waals surface area contributed by atoms with E-state index in [4.69, 9.17) is 9.47 Å². The summed E-state index contributed by atoms with van der Waals surface area (Å²) in [5, 5.41) is 2.81. The van der Waals surface area contributed by atoms with E-state index in [0.29, 0.717) is 43.1 Å². The second kappa shape index (κ2) is 7.13. The number of hydrogen-bond donors (Lipinski definition) is 1. The number of amides is 1. The summed E-state index contributed by atoms with van der Waals surface area (Å²) in [6, 6.07) is 5.79. The molecule has 1 heterocycles. The number of amidine groups is 1. The molecule has 1 aliphatic heterocycles. The normalized spacial score (nSPS) is 21.4. The fourth-order valence-corrected chi connectivity index (χ4v) is 2.91. The predicted molar refractivity (Wildman–Crippen MR) is 96.4 cm³/mol. The number of benzene rings is 1. The molecule has 1 amide bonds. The van der Waals surface area contributed by atoms with E-state index < -0.39 is 0 Å². The van der Waals surface area contributed by atoms with Crippen molar-refractivity contribution in [1.29, 1.82) is 0 Å². The number of allylic oxidation sites excluding steroid dienone is 1. The molecule has 0 bridgehead atoms. The zero-order valence-corrected chi connectivity index (χ0v) is 14.7. The Morgan fingerprint density at radius 3 is 2.68 bits per heavy atom. The first kappa shape index (κ1) is 17.3. The van der Waals surface area contributed by atoms with Crippen LogP contribution < -0.4 is 14.8 Å². The number of hydrogen-bond acceptors (Lipinski definition) is 5. The number of nitrogens with one attached hydrogen (secondary N) is 1. The summed E-state index contributed by atoms with van der Waals surface area (Å²) in [6.07, 6.45) is 1.31. The Bertz CT molecular complexity index is 766. The number of carbonyl (C=O) groups excluding carboxylic acids is 2.